The van der Waals surface area contributed by atoms with Gasteiger partial charge >= 0.3 is 0 Å². The Labute approximate surface area is 185 Å². The molecule has 1 aromatic heterocycles. The van der Waals surface area contributed by atoms with E-state index in [9.17, 15) is 14.4 Å². The lowest BCUT2D eigenvalue weighted by Gasteiger charge is -2.32. The number of benzene rings is 2. The van der Waals surface area contributed by atoms with E-state index >= 15 is 0 Å². The quantitative estimate of drug-likeness (QED) is 0.642. The minimum Gasteiger partial charge on any atom is -0.463 e. The minimum absolute atomic E-state index is 0.00543. The summed E-state index contributed by atoms with van der Waals surface area (Å²) in [4.78, 5) is 41.6. The minimum atomic E-state index is -0.383. The maximum absolute atomic E-state index is 12.6. The average Bonchev–Trinajstić information content (AvgIpc) is 2.79. The summed E-state index contributed by atoms with van der Waals surface area (Å²) < 4.78 is 5.50. The van der Waals surface area contributed by atoms with Gasteiger partial charge in [-0.15, -0.1) is 0 Å². The van der Waals surface area contributed by atoms with E-state index in [1.807, 2.05) is 24.9 Å². The second-order valence-electron chi connectivity index (χ2n) is 8.02. The first-order valence-corrected chi connectivity index (χ1v) is 10.5. The van der Waals surface area contributed by atoms with Gasteiger partial charge in [-0.2, -0.15) is 0 Å². The Morgan fingerprint density at radius 3 is 2.47 bits per heavy atom. The van der Waals surface area contributed by atoms with Crippen molar-refractivity contribution in [2.45, 2.75) is 6.92 Å². The Bertz CT molecular complexity index is 1240. The smallest absolute Gasteiger partial charge is 0.253 e. The fourth-order valence-electron chi connectivity index (χ4n) is 3.61. The van der Waals surface area contributed by atoms with Gasteiger partial charge < -0.3 is 19.5 Å². The number of hydrogen-bond donors (Lipinski definition) is 1. The van der Waals surface area contributed by atoms with E-state index in [1.54, 1.807) is 36.4 Å². The van der Waals surface area contributed by atoms with Crippen LogP contribution < -0.4 is 10.7 Å². The van der Waals surface area contributed by atoms with Crippen LogP contribution in [-0.4, -0.2) is 54.8 Å². The number of hydrogen-bond acceptors (Lipinski definition) is 5. The molecule has 7 heteroatoms. The van der Waals surface area contributed by atoms with Crippen LogP contribution >= 0.6 is 0 Å². The highest BCUT2D eigenvalue weighted by Crippen LogP contribution is 2.15. The first kappa shape index (κ1) is 21.5. The third kappa shape index (κ3) is 4.78. The zero-order chi connectivity index (χ0) is 22.7. The van der Waals surface area contributed by atoms with Crippen molar-refractivity contribution in [3.63, 3.8) is 0 Å². The van der Waals surface area contributed by atoms with Gasteiger partial charge in [-0.05, 0) is 56.4 Å². The van der Waals surface area contributed by atoms with Gasteiger partial charge in [0.05, 0.1) is 10.9 Å². The predicted molar refractivity (Wildman–Crippen MR) is 125 cm³/mol. The van der Waals surface area contributed by atoms with Crippen LogP contribution in [0.3, 0.4) is 0 Å². The van der Waals surface area contributed by atoms with Gasteiger partial charge in [-0.25, -0.2) is 0 Å². The molecule has 0 bridgehead atoms. The van der Waals surface area contributed by atoms with Crippen molar-refractivity contribution in [3.8, 4) is 0 Å². The molecule has 0 radical (unpaired) electrons. The monoisotopic (exact) mass is 431 g/mol. The third-order valence-corrected chi connectivity index (χ3v) is 5.56. The second-order valence-corrected chi connectivity index (χ2v) is 8.02. The predicted octanol–water partition coefficient (Wildman–Crippen LogP) is 3.14. The number of carbonyl (C=O) groups is 2. The third-order valence-electron chi connectivity index (χ3n) is 5.56. The number of aryl methyl sites for hydroxylation is 1. The number of amides is 2. The summed E-state index contributed by atoms with van der Waals surface area (Å²) in [6, 6.07) is 12.2. The summed E-state index contributed by atoms with van der Waals surface area (Å²) in [5, 5.41) is 3.22. The normalized spacial score (nSPS) is 14.8. The zero-order valence-corrected chi connectivity index (χ0v) is 18.1. The Kier molecular flexibility index (Phi) is 6.18. The molecule has 164 valence electrons. The highest BCUT2D eigenvalue weighted by Gasteiger charge is 2.20. The Balaban J connectivity index is 1.40. The molecule has 1 fully saturated rings. The Morgan fingerprint density at radius 2 is 1.75 bits per heavy atom. The molecule has 7 nitrogen and oxygen atoms in total. The fourth-order valence-corrected chi connectivity index (χ4v) is 3.61. The molecule has 2 heterocycles. The molecule has 1 aliphatic rings. The van der Waals surface area contributed by atoms with Gasteiger partial charge in [0.25, 0.3) is 5.91 Å². The van der Waals surface area contributed by atoms with Gasteiger partial charge in [0.2, 0.25) is 5.91 Å². The topological polar surface area (TPSA) is 82.9 Å². The van der Waals surface area contributed by atoms with Crippen LogP contribution in [0.2, 0.25) is 0 Å². The van der Waals surface area contributed by atoms with E-state index in [2.05, 4.69) is 10.2 Å². The molecule has 3 aromatic rings. The van der Waals surface area contributed by atoms with Crippen LogP contribution in [0, 0.1) is 6.92 Å². The zero-order valence-electron chi connectivity index (χ0n) is 18.1. The van der Waals surface area contributed by atoms with E-state index < -0.39 is 0 Å². The lowest BCUT2D eigenvalue weighted by molar-refractivity contribution is -0.111. The molecule has 0 spiro atoms. The van der Waals surface area contributed by atoms with E-state index in [0.717, 1.165) is 18.7 Å². The summed E-state index contributed by atoms with van der Waals surface area (Å²) >= 11 is 0. The Morgan fingerprint density at radius 1 is 1.03 bits per heavy atom. The second kappa shape index (κ2) is 9.20. The number of anilines is 1. The molecule has 2 aromatic carbocycles. The van der Waals surface area contributed by atoms with E-state index in [4.69, 9.17) is 4.42 Å². The van der Waals surface area contributed by atoms with Crippen LogP contribution in [0.25, 0.3) is 17.0 Å². The molecule has 2 amide bonds. The molecule has 32 heavy (non-hydrogen) atoms. The average molecular weight is 431 g/mol. The van der Waals surface area contributed by atoms with Crippen molar-refractivity contribution in [2.75, 3.05) is 38.5 Å². The SMILES string of the molecule is Cc1ccc2occ(/C=C/C(=O)Nc3ccc(C(=O)N4CCN(C)CC4)cc3)c(=O)c2c1. The lowest BCUT2D eigenvalue weighted by Crippen LogP contribution is -2.47. The van der Waals surface area contributed by atoms with E-state index in [0.29, 0.717) is 40.9 Å². The summed E-state index contributed by atoms with van der Waals surface area (Å²) in [7, 11) is 2.04. The maximum atomic E-state index is 12.6. The highest BCUT2D eigenvalue weighted by molar-refractivity contribution is 6.02. The number of piperazine rings is 1. The largest absolute Gasteiger partial charge is 0.463 e. The molecule has 1 aliphatic heterocycles. The molecule has 1 N–H and O–H groups in total. The summed E-state index contributed by atoms with van der Waals surface area (Å²) in [5.74, 6) is -0.388. The van der Waals surface area contributed by atoms with Crippen molar-refractivity contribution < 1.29 is 14.0 Å². The number of carbonyl (C=O) groups excluding carboxylic acids is 2. The van der Waals surface area contributed by atoms with Crippen LogP contribution in [0.1, 0.15) is 21.5 Å². The molecule has 0 aliphatic carbocycles. The summed E-state index contributed by atoms with van der Waals surface area (Å²) in [6.07, 6.45) is 4.08. The standard InChI is InChI=1S/C25H25N3O4/c1-17-3-9-22-21(15-17)24(30)19(16-32-22)6-10-23(29)26-20-7-4-18(5-8-20)25(31)28-13-11-27(2)12-14-28/h3-10,15-16H,11-14H2,1-2H3,(H,26,29)/b10-6+. The lowest BCUT2D eigenvalue weighted by atomic mass is 10.1. The van der Waals surface area contributed by atoms with Gasteiger partial charge in [0.15, 0.2) is 5.43 Å². The fraction of sp³-hybridized carbons (Fsp3) is 0.240. The van der Waals surface area contributed by atoms with E-state index in [1.165, 1.54) is 18.4 Å². The summed E-state index contributed by atoms with van der Waals surface area (Å²) in [5.41, 5.74) is 2.73. The van der Waals surface area contributed by atoms with Crippen molar-refractivity contribution in [1.29, 1.82) is 0 Å². The molecule has 0 atom stereocenters. The van der Waals surface area contributed by atoms with Crippen molar-refractivity contribution >= 4 is 34.5 Å². The van der Waals surface area contributed by atoms with Crippen LogP contribution in [0.4, 0.5) is 5.69 Å². The van der Waals surface area contributed by atoms with Crippen molar-refractivity contribution in [1.82, 2.24) is 9.80 Å². The number of likely N-dealkylation sites (N-methyl/N-ethyl adjacent to an activating group) is 1. The molecule has 0 unspecified atom stereocenters. The van der Waals surface area contributed by atoms with Crippen LogP contribution in [-0.2, 0) is 4.79 Å². The highest BCUT2D eigenvalue weighted by atomic mass is 16.3. The number of rotatable bonds is 4. The molecule has 1 saturated heterocycles. The molecule has 0 saturated carbocycles. The van der Waals surface area contributed by atoms with Gasteiger partial charge in [-0.1, -0.05) is 11.6 Å². The van der Waals surface area contributed by atoms with Gasteiger partial charge in [0.1, 0.15) is 11.8 Å². The molecular weight excluding hydrogens is 406 g/mol. The molecule has 4 rings (SSSR count). The van der Waals surface area contributed by atoms with Crippen molar-refractivity contribution in [3.05, 3.63) is 81.7 Å². The van der Waals surface area contributed by atoms with Gasteiger partial charge in [0, 0.05) is 43.5 Å². The van der Waals surface area contributed by atoms with Crippen LogP contribution in [0.15, 0.2) is 64.0 Å². The van der Waals surface area contributed by atoms with Crippen molar-refractivity contribution in [2.24, 2.45) is 0 Å². The maximum Gasteiger partial charge on any atom is 0.253 e. The first-order chi connectivity index (χ1) is 15.4. The van der Waals surface area contributed by atoms with E-state index in [-0.39, 0.29) is 17.2 Å². The summed E-state index contributed by atoms with van der Waals surface area (Å²) in [6.45, 7) is 5.05. The Hall–Kier alpha value is -3.71. The number of nitrogens with one attached hydrogen (secondary N) is 1. The first-order valence-electron chi connectivity index (χ1n) is 10.5. The molecular formula is C25H25N3O4. The van der Waals surface area contributed by atoms with Crippen LogP contribution in [0.5, 0.6) is 0 Å². The van der Waals surface area contributed by atoms with Gasteiger partial charge in [-0.3, -0.25) is 14.4 Å². The number of fused-ring (bicyclic) bond motifs is 1. The number of nitrogens with zero attached hydrogens (tertiary/aromatic N) is 2.